The summed E-state index contributed by atoms with van der Waals surface area (Å²) in [5, 5.41) is 0. The van der Waals surface area contributed by atoms with Gasteiger partial charge in [0.2, 0.25) is 0 Å². The molecule has 0 aromatic heterocycles. The molecule has 1 aliphatic carbocycles. The summed E-state index contributed by atoms with van der Waals surface area (Å²) in [5.41, 5.74) is 5.77. The smallest absolute Gasteiger partial charge is 0.119 e. The summed E-state index contributed by atoms with van der Waals surface area (Å²) in [6.45, 7) is 2.73. The highest BCUT2D eigenvalue weighted by molar-refractivity contribution is 5.70. The van der Waals surface area contributed by atoms with E-state index >= 15 is 0 Å². The Morgan fingerprint density at radius 1 is 1.00 bits per heavy atom. The minimum Gasteiger partial charge on any atom is -0.494 e. The van der Waals surface area contributed by atoms with Gasteiger partial charge in [0.1, 0.15) is 5.75 Å². The average Bonchev–Trinajstić information content (AvgIpc) is 2.88. The zero-order chi connectivity index (χ0) is 12.4. The van der Waals surface area contributed by atoms with Crippen LogP contribution in [0.3, 0.4) is 0 Å². The van der Waals surface area contributed by atoms with E-state index in [4.69, 9.17) is 4.74 Å². The first-order valence-corrected chi connectivity index (χ1v) is 6.72. The van der Waals surface area contributed by atoms with Gasteiger partial charge in [0.15, 0.2) is 0 Å². The Morgan fingerprint density at radius 3 is 2.61 bits per heavy atom. The van der Waals surface area contributed by atoms with Crippen LogP contribution >= 0.6 is 0 Å². The molecule has 3 rings (SSSR count). The number of benzene rings is 2. The Kier molecular flexibility index (Phi) is 3.06. The molecule has 0 atom stereocenters. The highest BCUT2D eigenvalue weighted by Gasteiger charge is 2.14. The molecule has 0 unspecified atom stereocenters. The van der Waals surface area contributed by atoms with E-state index in [1.54, 1.807) is 5.56 Å². The summed E-state index contributed by atoms with van der Waals surface area (Å²) in [5.74, 6) is 0.953. The fraction of sp³-hybridized carbons (Fsp3) is 0.294. The van der Waals surface area contributed by atoms with Crippen LogP contribution in [0.4, 0.5) is 0 Å². The predicted octanol–water partition coefficient (Wildman–Crippen LogP) is 4.24. The van der Waals surface area contributed by atoms with Crippen molar-refractivity contribution in [1.29, 1.82) is 0 Å². The van der Waals surface area contributed by atoms with Crippen molar-refractivity contribution in [2.24, 2.45) is 0 Å². The molecule has 0 radical (unpaired) electrons. The summed E-state index contributed by atoms with van der Waals surface area (Å²) in [6.07, 6.45) is 3.75. The first-order valence-electron chi connectivity index (χ1n) is 6.72. The van der Waals surface area contributed by atoms with Crippen LogP contribution in [0.1, 0.15) is 24.5 Å². The van der Waals surface area contributed by atoms with E-state index in [0.29, 0.717) is 0 Å². The van der Waals surface area contributed by atoms with Crippen LogP contribution in [-0.2, 0) is 12.8 Å². The maximum Gasteiger partial charge on any atom is 0.119 e. The molecule has 0 spiro atoms. The van der Waals surface area contributed by atoms with Gasteiger partial charge in [-0.05, 0) is 60.6 Å². The second-order valence-corrected chi connectivity index (χ2v) is 4.75. The van der Waals surface area contributed by atoms with E-state index in [1.807, 2.05) is 6.92 Å². The van der Waals surface area contributed by atoms with Crippen molar-refractivity contribution < 1.29 is 4.74 Å². The maximum absolute atomic E-state index is 5.49. The van der Waals surface area contributed by atoms with E-state index in [9.17, 15) is 0 Å². The van der Waals surface area contributed by atoms with Gasteiger partial charge in [0.25, 0.3) is 0 Å². The molecule has 0 amide bonds. The van der Waals surface area contributed by atoms with Gasteiger partial charge < -0.3 is 4.74 Å². The molecule has 0 saturated carbocycles. The molecular formula is C17H18O. The van der Waals surface area contributed by atoms with E-state index in [-0.39, 0.29) is 0 Å². The van der Waals surface area contributed by atoms with Gasteiger partial charge in [-0.3, -0.25) is 0 Å². The van der Waals surface area contributed by atoms with Crippen molar-refractivity contribution in [3.05, 3.63) is 53.6 Å². The highest BCUT2D eigenvalue weighted by Crippen LogP contribution is 2.32. The lowest BCUT2D eigenvalue weighted by atomic mass is 9.97. The molecule has 0 saturated heterocycles. The van der Waals surface area contributed by atoms with Crippen LogP contribution in [0.5, 0.6) is 5.75 Å². The third-order valence-electron chi connectivity index (χ3n) is 3.62. The molecule has 1 aliphatic rings. The van der Waals surface area contributed by atoms with Crippen LogP contribution in [0.25, 0.3) is 11.1 Å². The Labute approximate surface area is 108 Å². The number of fused-ring (bicyclic) bond motifs is 1. The maximum atomic E-state index is 5.49. The lowest BCUT2D eigenvalue weighted by molar-refractivity contribution is 0.340. The van der Waals surface area contributed by atoms with Gasteiger partial charge in [-0.15, -0.1) is 0 Å². The first kappa shape index (κ1) is 11.3. The second kappa shape index (κ2) is 4.85. The van der Waals surface area contributed by atoms with E-state index in [1.165, 1.54) is 36.0 Å². The quantitative estimate of drug-likeness (QED) is 0.777. The van der Waals surface area contributed by atoms with Crippen molar-refractivity contribution in [3.8, 4) is 16.9 Å². The summed E-state index contributed by atoms with van der Waals surface area (Å²) >= 11 is 0. The van der Waals surface area contributed by atoms with Crippen molar-refractivity contribution >= 4 is 0 Å². The summed E-state index contributed by atoms with van der Waals surface area (Å²) < 4.78 is 5.49. The molecule has 2 aromatic carbocycles. The van der Waals surface area contributed by atoms with Crippen molar-refractivity contribution in [1.82, 2.24) is 0 Å². The first-order chi connectivity index (χ1) is 8.88. The number of ether oxygens (including phenoxy) is 1. The molecule has 92 valence electrons. The van der Waals surface area contributed by atoms with Crippen molar-refractivity contribution in [2.75, 3.05) is 6.61 Å². The lowest BCUT2D eigenvalue weighted by Crippen LogP contribution is -1.92. The average molecular weight is 238 g/mol. The van der Waals surface area contributed by atoms with Crippen LogP contribution in [-0.4, -0.2) is 6.61 Å². The van der Waals surface area contributed by atoms with E-state index in [2.05, 4.69) is 42.5 Å². The second-order valence-electron chi connectivity index (χ2n) is 4.75. The highest BCUT2D eigenvalue weighted by atomic mass is 16.5. The largest absolute Gasteiger partial charge is 0.494 e. The molecule has 0 heterocycles. The lowest BCUT2D eigenvalue weighted by Gasteiger charge is -2.09. The van der Waals surface area contributed by atoms with Gasteiger partial charge in [-0.1, -0.05) is 30.3 Å². The third-order valence-corrected chi connectivity index (χ3v) is 3.62. The molecule has 18 heavy (non-hydrogen) atoms. The SMILES string of the molecule is CCOc1ccc(-c2cccc3c2CCC3)cc1. The van der Waals surface area contributed by atoms with Gasteiger partial charge in [-0.2, -0.15) is 0 Å². The molecule has 0 aliphatic heterocycles. The number of aryl methyl sites for hydroxylation is 1. The summed E-state index contributed by atoms with van der Waals surface area (Å²) in [4.78, 5) is 0. The van der Waals surface area contributed by atoms with Crippen LogP contribution < -0.4 is 4.74 Å². The summed E-state index contributed by atoms with van der Waals surface area (Å²) in [7, 11) is 0. The fourth-order valence-corrected chi connectivity index (χ4v) is 2.79. The van der Waals surface area contributed by atoms with E-state index < -0.39 is 0 Å². The monoisotopic (exact) mass is 238 g/mol. The van der Waals surface area contributed by atoms with Gasteiger partial charge >= 0.3 is 0 Å². The Morgan fingerprint density at radius 2 is 1.83 bits per heavy atom. The predicted molar refractivity (Wildman–Crippen MR) is 75.1 cm³/mol. The number of hydrogen-bond acceptors (Lipinski definition) is 1. The zero-order valence-corrected chi connectivity index (χ0v) is 10.8. The summed E-state index contributed by atoms with van der Waals surface area (Å²) in [6, 6.07) is 15.1. The van der Waals surface area contributed by atoms with Gasteiger partial charge in [0, 0.05) is 0 Å². The fourth-order valence-electron chi connectivity index (χ4n) is 2.79. The minimum absolute atomic E-state index is 0.722. The minimum atomic E-state index is 0.722. The van der Waals surface area contributed by atoms with Crippen molar-refractivity contribution in [3.63, 3.8) is 0 Å². The topological polar surface area (TPSA) is 9.23 Å². The Balaban J connectivity index is 1.97. The molecule has 1 heteroatoms. The molecular weight excluding hydrogens is 220 g/mol. The van der Waals surface area contributed by atoms with Crippen LogP contribution in [0.2, 0.25) is 0 Å². The van der Waals surface area contributed by atoms with Crippen LogP contribution in [0.15, 0.2) is 42.5 Å². The zero-order valence-electron chi connectivity index (χ0n) is 10.8. The Bertz CT molecular complexity index is 540. The van der Waals surface area contributed by atoms with Crippen LogP contribution in [0, 0.1) is 0 Å². The van der Waals surface area contributed by atoms with Gasteiger partial charge in [0.05, 0.1) is 6.61 Å². The molecule has 2 aromatic rings. The third kappa shape index (κ3) is 2.01. The molecule has 0 bridgehead atoms. The Hall–Kier alpha value is -1.76. The number of rotatable bonds is 3. The van der Waals surface area contributed by atoms with Crippen molar-refractivity contribution in [2.45, 2.75) is 26.2 Å². The van der Waals surface area contributed by atoms with Gasteiger partial charge in [-0.25, -0.2) is 0 Å². The molecule has 0 fully saturated rings. The molecule has 1 nitrogen and oxygen atoms in total. The number of hydrogen-bond donors (Lipinski definition) is 0. The molecule has 0 N–H and O–H groups in total. The van der Waals surface area contributed by atoms with E-state index in [0.717, 1.165) is 12.4 Å². The standard InChI is InChI=1S/C17H18O/c1-2-18-15-11-9-14(10-12-15)17-8-4-6-13-5-3-7-16(13)17/h4,6,8-12H,2-3,5,7H2,1H3. The normalized spacial score (nSPS) is 13.4.